The van der Waals surface area contributed by atoms with Crippen molar-refractivity contribution in [2.45, 2.75) is 24.9 Å². The fourth-order valence-corrected chi connectivity index (χ4v) is 2.35. The second-order valence-electron chi connectivity index (χ2n) is 4.18. The minimum atomic E-state index is -0.511. The molecule has 2 amide bonds. The number of carbonyl (C=O) groups excluding carboxylic acids is 2. The van der Waals surface area contributed by atoms with Gasteiger partial charge in [0.1, 0.15) is 12.1 Å². The number of hydrogen-bond donors (Lipinski definition) is 3. The van der Waals surface area contributed by atoms with E-state index in [0.29, 0.717) is 12.8 Å². The highest BCUT2D eigenvalue weighted by Crippen LogP contribution is 2.08. The standard InChI is InChI=1S/C11H16N4O2S/c1-18-3-2-8-10(16)15-9(11(17)14-8)4-7-5-12-6-13-7/h5-6,8-9H,2-4H2,1H3,(H,12,13)(H,14,17)(H,15,16)/t8-,9-/m0/s1. The molecule has 0 bridgehead atoms. The van der Waals surface area contributed by atoms with Crippen molar-refractivity contribution in [3.8, 4) is 0 Å². The first-order valence-corrected chi connectivity index (χ1v) is 7.17. The average Bonchev–Trinajstić information content (AvgIpc) is 2.84. The molecule has 0 aromatic carbocycles. The summed E-state index contributed by atoms with van der Waals surface area (Å²) in [5.41, 5.74) is 0.831. The second kappa shape index (κ2) is 5.90. The van der Waals surface area contributed by atoms with Gasteiger partial charge in [-0.2, -0.15) is 11.8 Å². The third-order valence-electron chi connectivity index (χ3n) is 2.86. The fraction of sp³-hybridized carbons (Fsp3) is 0.545. The van der Waals surface area contributed by atoms with E-state index < -0.39 is 12.1 Å². The summed E-state index contributed by atoms with van der Waals surface area (Å²) in [6.45, 7) is 0. The van der Waals surface area contributed by atoms with Crippen LogP contribution in [0, 0.1) is 0 Å². The Hall–Kier alpha value is -1.50. The molecule has 1 aromatic rings. The van der Waals surface area contributed by atoms with Crippen LogP contribution in [0.25, 0.3) is 0 Å². The Morgan fingerprint density at radius 2 is 2.00 bits per heavy atom. The quantitative estimate of drug-likeness (QED) is 0.683. The van der Waals surface area contributed by atoms with Gasteiger partial charge in [-0.25, -0.2) is 4.98 Å². The minimum Gasteiger partial charge on any atom is -0.348 e. The predicted octanol–water partition coefficient (Wildman–Crippen LogP) is -0.311. The molecule has 1 aromatic heterocycles. The molecule has 1 aliphatic heterocycles. The molecule has 0 aliphatic carbocycles. The van der Waals surface area contributed by atoms with E-state index in [1.54, 1.807) is 24.3 Å². The summed E-state index contributed by atoms with van der Waals surface area (Å²) in [5.74, 6) is 0.618. The Labute approximate surface area is 109 Å². The molecule has 2 atom stereocenters. The van der Waals surface area contributed by atoms with Crippen LogP contribution in [-0.2, 0) is 16.0 Å². The van der Waals surface area contributed by atoms with Crippen LogP contribution in [0.15, 0.2) is 12.5 Å². The van der Waals surface area contributed by atoms with Crippen LogP contribution in [0.4, 0.5) is 0 Å². The highest BCUT2D eigenvalue weighted by Gasteiger charge is 2.33. The van der Waals surface area contributed by atoms with Crippen molar-refractivity contribution < 1.29 is 9.59 Å². The van der Waals surface area contributed by atoms with E-state index in [0.717, 1.165) is 11.4 Å². The number of piperazine rings is 1. The minimum absolute atomic E-state index is 0.104. The average molecular weight is 268 g/mol. The maximum absolute atomic E-state index is 11.9. The zero-order valence-corrected chi connectivity index (χ0v) is 10.9. The van der Waals surface area contributed by atoms with Crippen LogP contribution in [-0.4, -0.2) is 45.9 Å². The first-order chi connectivity index (χ1) is 8.70. The third kappa shape index (κ3) is 3.04. The Balaban J connectivity index is 1.93. The SMILES string of the molecule is CSCC[C@@H]1NC(=O)[C@H](Cc2cnc[nH]2)NC1=O. The van der Waals surface area contributed by atoms with E-state index in [-0.39, 0.29) is 11.8 Å². The summed E-state index contributed by atoms with van der Waals surface area (Å²) in [5, 5.41) is 5.52. The third-order valence-corrected chi connectivity index (χ3v) is 3.50. The molecule has 1 fully saturated rings. The zero-order valence-electron chi connectivity index (χ0n) is 10.1. The maximum atomic E-state index is 11.9. The number of thioether (sulfide) groups is 1. The molecule has 1 saturated heterocycles. The molecule has 3 N–H and O–H groups in total. The Morgan fingerprint density at radius 1 is 1.28 bits per heavy atom. The molecular weight excluding hydrogens is 252 g/mol. The number of rotatable bonds is 5. The number of nitrogens with zero attached hydrogens (tertiary/aromatic N) is 1. The van der Waals surface area contributed by atoms with Crippen LogP contribution < -0.4 is 10.6 Å². The van der Waals surface area contributed by atoms with E-state index in [1.165, 1.54) is 0 Å². The number of aromatic amines is 1. The van der Waals surface area contributed by atoms with Gasteiger partial charge in [0, 0.05) is 18.3 Å². The number of imidazole rings is 1. The van der Waals surface area contributed by atoms with E-state index in [1.807, 2.05) is 6.26 Å². The molecule has 98 valence electrons. The highest BCUT2D eigenvalue weighted by atomic mass is 32.2. The second-order valence-corrected chi connectivity index (χ2v) is 5.17. The van der Waals surface area contributed by atoms with Crippen molar-refractivity contribution in [1.82, 2.24) is 20.6 Å². The summed E-state index contributed by atoms with van der Waals surface area (Å²) in [6.07, 6.45) is 6.28. The van der Waals surface area contributed by atoms with Gasteiger partial charge < -0.3 is 15.6 Å². The van der Waals surface area contributed by atoms with Crippen molar-refractivity contribution in [3.63, 3.8) is 0 Å². The largest absolute Gasteiger partial charge is 0.348 e. The van der Waals surface area contributed by atoms with E-state index >= 15 is 0 Å². The molecule has 0 spiro atoms. The van der Waals surface area contributed by atoms with Gasteiger partial charge in [-0.05, 0) is 18.4 Å². The lowest BCUT2D eigenvalue weighted by molar-refractivity contribution is -0.136. The molecule has 1 aliphatic rings. The molecule has 7 heteroatoms. The van der Waals surface area contributed by atoms with Crippen molar-refractivity contribution in [3.05, 3.63) is 18.2 Å². The monoisotopic (exact) mass is 268 g/mol. The van der Waals surface area contributed by atoms with Gasteiger partial charge in [0.2, 0.25) is 11.8 Å². The molecule has 6 nitrogen and oxygen atoms in total. The van der Waals surface area contributed by atoms with Crippen molar-refractivity contribution in [1.29, 1.82) is 0 Å². The number of amides is 2. The zero-order chi connectivity index (χ0) is 13.0. The summed E-state index contributed by atoms with van der Waals surface area (Å²) in [6, 6.07) is -0.911. The van der Waals surface area contributed by atoms with Gasteiger partial charge in [-0.15, -0.1) is 0 Å². The highest BCUT2D eigenvalue weighted by molar-refractivity contribution is 7.98. The van der Waals surface area contributed by atoms with Gasteiger partial charge in [-0.3, -0.25) is 9.59 Å². The van der Waals surface area contributed by atoms with Gasteiger partial charge in [0.05, 0.1) is 6.33 Å². The first-order valence-electron chi connectivity index (χ1n) is 5.77. The van der Waals surface area contributed by atoms with Crippen molar-refractivity contribution in [2.75, 3.05) is 12.0 Å². The normalized spacial score (nSPS) is 23.6. The number of carbonyl (C=O) groups is 2. The lowest BCUT2D eigenvalue weighted by atomic mass is 10.0. The number of hydrogen-bond acceptors (Lipinski definition) is 4. The smallest absolute Gasteiger partial charge is 0.243 e. The summed E-state index contributed by atoms with van der Waals surface area (Å²) < 4.78 is 0. The number of nitrogens with one attached hydrogen (secondary N) is 3. The fourth-order valence-electron chi connectivity index (χ4n) is 1.87. The first kappa shape index (κ1) is 12.9. The summed E-state index contributed by atoms with van der Waals surface area (Å²) in [4.78, 5) is 30.5. The Bertz CT molecular complexity index is 421. The molecule has 2 rings (SSSR count). The molecule has 0 saturated carbocycles. The lowest BCUT2D eigenvalue weighted by Gasteiger charge is -2.29. The van der Waals surface area contributed by atoms with Gasteiger partial charge in [0.15, 0.2) is 0 Å². The van der Waals surface area contributed by atoms with E-state index in [2.05, 4.69) is 20.6 Å². The molecule has 0 unspecified atom stereocenters. The Kier molecular flexibility index (Phi) is 4.24. The lowest BCUT2D eigenvalue weighted by Crippen LogP contribution is -2.62. The van der Waals surface area contributed by atoms with E-state index in [9.17, 15) is 9.59 Å². The molecule has 2 heterocycles. The van der Waals surface area contributed by atoms with Crippen molar-refractivity contribution in [2.24, 2.45) is 0 Å². The maximum Gasteiger partial charge on any atom is 0.243 e. The van der Waals surface area contributed by atoms with Crippen molar-refractivity contribution >= 4 is 23.6 Å². The molecule has 0 radical (unpaired) electrons. The summed E-state index contributed by atoms with van der Waals surface area (Å²) in [7, 11) is 0. The predicted molar refractivity (Wildman–Crippen MR) is 69.2 cm³/mol. The van der Waals surface area contributed by atoms with Crippen LogP contribution >= 0.6 is 11.8 Å². The van der Waals surface area contributed by atoms with Gasteiger partial charge >= 0.3 is 0 Å². The van der Waals surface area contributed by atoms with Crippen LogP contribution in [0.2, 0.25) is 0 Å². The number of H-pyrrole nitrogens is 1. The molecule has 18 heavy (non-hydrogen) atoms. The molecular formula is C11H16N4O2S. The van der Waals surface area contributed by atoms with Gasteiger partial charge in [0.25, 0.3) is 0 Å². The van der Waals surface area contributed by atoms with Crippen LogP contribution in [0.5, 0.6) is 0 Å². The summed E-state index contributed by atoms with van der Waals surface area (Å²) >= 11 is 1.66. The van der Waals surface area contributed by atoms with E-state index in [4.69, 9.17) is 0 Å². The number of aromatic nitrogens is 2. The van der Waals surface area contributed by atoms with Crippen LogP contribution in [0.1, 0.15) is 12.1 Å². The topological polar surface area (TPSA) is 86.9 Å². The van der Waals surface area contributed by atoms with Crippen LogP contribution in [0.3, 0.4) is 0 Å². The van der Waals surface area contributed by atoms with Gasteiger partial charge in [-0.1, -0.05) is 0 Å². The Morgan fingerprint density at radius 3 is 2.67 bits per heavy atom.